The van der Waals surface area contributed by atoms with E-state index in [-0.39, 0.29) is 11.3 Å². The quantitative estimate of drug-likeness (QED) is 0.720. The molecule has 2 aromatic rings. The first-order valence-electron chi connectivity index (χ1n) is 3.52. The second kappa shape index (κ2) is 2.70. The molecule has 2 rings (SSSR count). The molecule has 5 heteroatoms. The summed E-state index contributed by atoms with van der Waals surface area (Å²) in [4.78, 5) is 24.1. The zero-order chi connectivity index (χ0) is 9.42. The van der Waals surface area contributed by atoms with E-state index in [9.17, 15) is 9.59 Å². The minimum atomic E-state index is -1.12. The molecule has 66 valence electrons. The third-order valence-electron chi connectivity index (χ3n) is 1.69. The highest BCUT2D eigenvalue weighted by Gasteiger charge is 2.07. The SMILES string of the molecule is O=C(O)c1cc2sccc2c(=O)[nH]1. The number of aromatic amines is 1. The smallest absolute Gasteiger partial charge is 0.352 e. The first kappa shape index (κ1) is 8.00. The lowest BCUT2D eigenvalue weighted by atomic mass is 10.3. The fourth-order valence-corrected chi connectivity index (χ4v) is 1.92. The zero-order valence-corrected chi connectivity index (χ0v) is 7.22. The van der Waals surface area contributed by atoms with Gasteiger partial charge >= 0.3 is 5.97 Å². The zero-order valence-electron chi connectivity index (χ0n) is 6.40. The highest BCUT2D eigenvalue weighted by atomic mass is 32.1. The molecule has 0 bridgehead atoms. The lowest BCUT2D eigenvalue weighted by Crippen LogP contribution is -2.11. The molecule has 13 heavy (non-hydrogen) atoms. The Morgan fingerprint density at radius 2 is 2.31 bits per heavy atom. The molecule has 0 aromatic carbocycles. The van der Waals surface area contributed by atoms with Gasteiger partial charge in [-0.3, -0.25) is 4.79 Å². The van der Waals surface area contributed by atoms with E-state index in [1.54, 1.807) is 11.4 Å². The Morgan fingerprint density at radius 3 is 3.00 bits per heavy atom. The fourth-order valence-electron chi connectivity index (χ4n) is 1.09. The van der Waals surface area contributed by atoms with Crippen LogP contribution in [0.4, 0.5) is 0 Å². The summed E-state index contributed by atoms with van der Waals surface area (Å²) in [6, 6.07) is 3.13. The number of thiophene rings is 1. The number of aromatic nitrogens is 1. The summed E-state index contributed by atoms with van der Waals surface area (Å²) >= 11 is 1.35. The van der Waals surface area contributed by atoms with Crippen LogP contribution in [0.1, 0.15) is 10.5 Å². The van der Waals surface area contributed by atoms with Crippen LogP contribution in [0.15, 0.2) is 22.3 Å². The first-order valence-corrected chi connectivity index (χ1v) is 4.40. The number of hydrogen-bond donors (Lipinski definition) is 2. The molecule has 0 amide bonds. The number of carboxylic acid groups (broad SMARTS) is 1. The van der Waals surface area contributed by atoms with Gasteiger partial charge in [0.15, 0.2) is 0 Å². The summed E-state index contributed by atoms with van der Waals surface area (Å²) in [6.45, 7) is 0. The van der Waals surface area contributed by atoms with Crippen molar-refractivity contribution in [3.8, 4) is 0 Å². The molecule has 0 aliphatic rings. The number of aromatic carboxylic acids is 1. The molecular formula is C8H5NO3S. The van der Waals surface area contributed by atoms with Gasteiger partial charge < -0.3 is 10.1 Å². The van der Waals surface area contributed by atoms with Gasteiger partial charge in [0.2, 0.25) is 0 Å². The number of hydrogen-bond acceptors (Lipinski definition) is 3. The third-order valence-corrected chi connectivity index (χ3v) is 2.56. The average Bonchev–Trinajstić information content (AvgIpc) is 2.51. The van der Waals surface area contributed by atoms with Crippen molar-refractivity contribution < 1.29 is 9.90 Å². The first-order chi connectivity index (χ1) is 6.18. The molecule has 0 saturated carbocycles. The highest BCUT2D eigenvalue weighted by Crippen LogP contribution is 2.17. The molecule has 0 radical (unpaired) electrons. The van der Waals surface area contributed by atoms with Gasteiger partial charge in [-0.25, -0.2) is 4.79 Å². The van der Waals surface area contributed by atoms with Gasteiger partial charge in [0.25, 0.3) is 5.56 Å². The lowest BCUT2D eigenvalue weighted by molar-refractivity contribution is 0.0690. The van der Waals surface area contributed by atoms with Gasteiger partial charge in [-0.05, 0) is 17.5 Å². The van der Waals surface area contributed by atoms with Gasteiger partial charge in [-0.1, -0.05) is 0 Å². The predicted octanol–water partition coefficient (Wildman–Crippen LogP) is 1.29. The van der Waals surface area contributed by atoms with Gasteiger partial charge in [0.1, 0.15) is 5.69 Å². The van der Waals surface area contributed by atoms with Crippen LogP contribution in [0, 0.1) is 0 Å². The maximum Gasteiger partial charge on any atom is 0.352 e. The minimum absolute atomic E-state index is 0.0695. The van der Waals surface area contributed by atoms with Crippen molar-refractivity contribution in [2.75, 3.05) is 0 Å². The summed E-state index contributed by atoms with van der Waals surface area (Å²) in [5.74, 6) is -1.12. The predicted molar refractivity (Wildman–Crippen MR) is 49.4 cm³/mol. The van der Waals surface area contributed by atoms with Crippen LogP contribution in [0.5, 0.6) is 0 Å². The van der Waals surface area contributed by atoms with E-state index in [0.717, 1.165) is 0 Å². The van der Waals surface area contributed by atoms with Crippen LogP contribution >= 0.6 is 11.3 Å². The van der Waals surface area contributed by atoms with Crippen LogP contribution in [-0.2, 0) is 0 Å². The number of rotatable bonds is 1. The van der Waals surface area contributed by atoms with Crippen molar-refractivity contribution in [3.63, 3.8) is 0 Å². The molecule has 0 unspecified atom stereocenters. The molecule has 2 heterocycles. The lowest BCUT2D eigenvalue weighted by Gasteiger charge is -1.93. The number of carbonyl (C=O) groups is 1. The Labute approximate surface area is 76.5 Å². The highest BCUT2D eigenvalue weighted by molar-refractivity contribution is 7.17. The number of fused-ring (bicyclic) bond motifs is 1. The second-order valence-corrected chi connectivity index (χ2v) is 3.46. The van der Waals surface area contributed by atoms with Crippen LogP contribution < -0.4 is 5.56 Å². The van der Waals surface area contributed by atoms with Crippen molar-refractivity contribution in [1.29, 1.82) is 0 Å². The largest absolute Gasteiger partial charge is 0.477 e. The van der Waals surface area contributed by atoms with Gasteiger partial charge in [0.05, 0.1) is 5.39 Å². The standard InChI is InChI=1S/C8H5NO3S/c10-7-4-1-2-13-6(4)3-5(9-7)8(11)12/h1-3H,(H,9,10)(H,11,12). The van der Waals surface area contributed by atoms with Crippen molar-refractivity contribution in [2.24, 2.45) is 0 Å². The van der Waals surface area contributed by atoms with Crippen LogP contribution in [0.2, 0.25) is 0 Å². The summed E-state index contributed by atoms with van der Waals surface area (Å²) in [7, 11) is 0. The fraction of sp³-hybridized carbons (Fsp3) is 0. The normalized spacial score (nSPS) is 10.5. The Balaban J connectivity index is 2.85. The molecule has 4 nitrogen and oxygen atoms in total. The molecule has 0 spiro atoms. The van der Waals surface area contributed by atoms with Crippen LogP contribution in [-0.4, -0.2) is 16.1 Å². The number of nitrogens with one attached hydrogen (secondary N) is 1. The van der Waals surface area contributed by atoms with Crippen LogP contribution in [0.3, 0.4) is 0 Å². The third kappa shape index (κ3) is 1.23. The summed E-state index contributed by atoms with van der Waals surface area (Å²) in [5.41, 5.74) is -0.420. The van der Waals surface area contributed by atoms with E-state index in [4.69, 9.17) is 5.11 Å². The van der Waals surface area contributed by atoms with E-state index < -0.39 is 5.97 Å². The topological polar surface area (TPSA) is 70.2 Å². The number of carboxylic acids is 1. The molecule has 2 N–H and O–H groups in total. The summed E-state index contributed by atoms with van der Waals surface area (Å²) < 4.78 is 0.696. The number of pyridine rings is 1. The Kier molecular flexibility index (Phi) is 1.66. The maximum absolute atomic E-state index is 11.3. The minimum Gasteiger partial charge on any atom is -0.477 e. The summed E-state index contributed by atoms with van der Waals surface area (Å²) in [6.07, 6.45) is 0. The monoisotopic (exact) mass is 195 g/mol. The summed E-state index contributed by atoms with van der Waals surface area (Å²) in [5, 5.41) is 10.9. The molecule has 2 aromatic heterocycles. The van der Waals surface area contributed by atoms with E-state index in [1.807, 2.05) is 0 Å². The van der Waals surface area contributed by atoms with E-state index in [0.29, 0.717) is 10.1 Å². The van der Waals surface area contributed by atoms with E-state index in [2.05, 4.69) is 4.98 Å². The van der Waals surface area contributed by atoms with Crippen molar-refractivity contribution in [1.82, 2.24) is 4.98 Å². The maximum atomic E-state index is 11.3. The van der Waals surface area contributed by atoms with Gasteiger partial charge in [-0.15, -0.1) is 11.3 Å². The average molecular weight is 195 g/mol. The number of H-pyrrole nitrogens is 1. The molecule has 0 saturated heterocycles. The molecular weight excluding hydrogens is 190 g/mol. The molecule has 0 aliphatic heterocycles. The Morgan fingerprint density at radius 1 is 1.54 bits per heavy atom. The van der Waals surface area contributed by atoms with Crippen molar-refractivity contribution >= 4 is 27.4 Å². The van der Waals surface area contributed by atoms with E-state index >= 15 is 0 Å². The molecule has 0 fully saturated rings. The molecule has 0 aliphatic carbocycles. The second-order valence-electron chi connectivity index (χ2n) is 2.52. The van der Waals surface area contributed by atoms with Crippen molar-refractivity contribution in [3.05, 3.63) is 33.6 Å². The Hall–Kier alpha value is -1.62. The van der Waals surface area contributed by atoms with Gasteiger partial charge in [0, 0.05) is 4.70 Å². The van der Waals surface area contributed by atoms with E-state index in [1.165, 1.54) is 17.4 Å². The van der Waals surface area contributed by atoms with Crippen LogP contribution in [0.25, 0.3) is 10.1 Å². The Bertz CT molecular complexity index is 525. The van der Waals surface area contributed by atoms with Gasteiger partial charge in [-0.2, -0.15) is 0 Å². The molecule has 0 atom stereocenters. The van der Waals surface area contributed by atoms with Crippen molar-refractivity contribution in [2.45, 2.75) is 0 Å².